The van der Waals surface area contributed by atoms with Gasteiger partial charge in [-0.25, -0.2) is 0 Å². The minimum absolute atomic E-state index is 0.354. The molecule has 0 bridgehead atoms. The molecule has 5 heteroatoms. The molecule has 0 aliphatic carbocycles. The first kappa shape index (κ1) is 8.23. The lowest BCUT2D eigenvalue weighted by Gasteiger charge is -2.28. The van der Waals surface area contributed by atoms with Gasteiger partial charge in [0.25, 0.3) is 6.42 Å². The Morgan fingerprint density at radius 2 is 1.91 bits per heavy atom. The average molecular weight is 166 g/mol. The van der Waals surface area contributed by atoms with Gasteiger partial charge >= 0.3 is 6.05 Å². The average Bonchev–Trinajstić information content (AvgIpc) is 2.11. The summed E-state index contributed by atoms with van der Waals surface area (Å²) in [5.74, 6) is 0. The molecule has 1 aliphatic heterocycles. The van der Waals surface area contributed by atoms with Crippen molar-refractivity contribution in [3.05, 3.63) is 12.4 Å². The van der Waals surface area contributed by atoms with Gasteiger partial charge < -0.3 is 4.90 Å². The van der Waals surface area contributed by atoms with Crippen molar-refractivity contribution in [1.82, 2.24) is 9.80 Å². The molecule has 0 radical (unpaired) electrons. The molecule has 0 aromatic carbocycles. The molecular formula is C6H9F3N2. The van der Waals surface area contributed by atoms with E-state index in [1.54, 1.807) is 0 Å². The van der Waals surface area contributed by atoms with Gasteiger partial charge in [-0.05, 0) is 0 Å². The van der Waals surface area contributed by atoms with Gasteiger partial charge in [-0.3, -0.25) is 4.90 Å². The maximum atomic E-state index is 12.8. The van der Waals surface area contributed by atoms with Gasteiger partial charge in [0.15, 0.2) is 0 Å². The molecule has 0 amide bonds. The van der Waals surface area contributed by atoms with Crippen LogP contribution in [-0.4, -0.2) is 29.3 Å². The normalized spacial score (nSPS) is 25.0. The lowest BCUT2D eigenvalue weighted by atomic mass is 10.5. The van der Waals surface area contributed by atoms with Gasteiger partial charge in [0.1, 0.15) is 0 Å². The SMILES string of the molecule is CN1C=CN(C(C)(F)F)C1F. The molecule has 0 fully saturated rings. The lowest BCUT2D eigenvalue weighted by molar-refractivity contribution is -0.163. The van der Waals surface area contributed by atoms with Crippen LogP contribution >= 0.6 is 0 Å². The molecule has 1 unspecified atom stereocenters. The standard InChI is InChI=1S/C6H9F3N2/c1-6(8,9)11-4-3-10(2)5(11)7/h3-5H,1-2H3. The largest absolute Gasteiger partial charge is 0.333 e. The number of nitrogens with zero attached hydrogens (tertiary/aromatic N) is 2. The van der Waals surface area contributed by atoms with Crippen LogP contribution in [0.25, 0.3) is 0 Å². The smallest absolute Gasteiger partial charge is 0.326 e. The molecule has 1 rings (SSSR count). The van der Waals surface area contributed by atoms with E-state index in [0.717, 1.165) is 11.1 Å². The lowest BCUT2D eigenvalue weighted by Crippen LogP contribution is -2.42. The molecule has 11 heavy (non-hydrogen) atoms. The van der Waals surface area contributed by atoms with Crippen molar-refractivity contribution in [3.8, 4) is 0 Å². The Hall–Kier alpha value is -0.870. The van der Waals surface area contributed by atoms with Crippen molar-refractivity contribution in [2.45, 2.75) is 19.4 Å². The van der Waals surface area contributed by atoms with Crippen molar-refractivity contribution in [3.63, 3.8) is 0 Å². The van der Waals surface area contributed by atoms with Crippen molar-refractivity contribution < 1.29 is 13.2 Å². The maximum absolute atomic E-state index is 12.8. The molecule has 1 heterocycles. The molecule has 0 aromatic heterocycles. The Bertz CT molecular complexity index is 175. The highest BCUT2D eigenvalue weighted by Gasteiger charge is 2.38. The van der Waals surface area contributed by atoms with Crippen molar-refractivity contribution in [2.75, 3.05) is 7.05 Å². The fourth-order valence-corrected chi connectivity index (χ4v) is 0.833. The molecule has 0 spiro atoms. The molecule has 0 saturated heterocycles. The van der Waals surface area contributed by atoms with Gasteiger partial charge in [-0.1, -0.05) is 0 Å². The highest BCUT2D eigenvalue weighted by Crippen LogP contribution is 2.27. The molecule has 0 aromatic rings. The number of rotatable bonds is 1. The predicted molar refractivity (Wildman–Crippen MR) is 34.3 cm³/mol. The van der Waals surface area contributed by atoms with Crippen molar-refractivity contribution >= 4 is 0 Å². The molecular weight excluding hydrogens is 157 g/mol. The van der Waals surface area contributed by atoms with E-state index >= 15 is 0 Å². The maximum Gasteiger partial charge on any atom is 0.326 e. The van der Waals surface area contributed by atoms with Gasteiger partial charge in [0, 0.05) is 26.4 Å². The van der Waals surface area contributed by atoms with Gasteiger partial charge in [0.05, 0.1) is 0 Å². The van der Waals surface area contributed by atoms with E-state index in [9.17, 15) is 13.2 Å². The number of hydrogen-bond acceptors (Lipinski definition) is 2. The Kier molecular flexibility index (Phi) is 1.74. The Labute approximate surface area is 62.9 Å². The third kappa shape index (κ3) is 1.41. The molecule has 64 valence electrons. The summed E-state index contributed by atoms with van der Waals surface area (Å²) in [6, 6.07) is -3.14. The second-order valence-corrected chi connectivity index (χ2v) is 2.52. The summed E-state index contributed by atoms with van der Waals surface area (Å²) in [5.41, 5.74) is 0. The van der Waals surface area contributed by atoms with Gasteiger partial charge in [0.2, 0.25) is 0 Å². The van der Waals surface area contributed by atoms with Crippen molar-refractivity contribution in [1.29, 1.82) is 0 Å². The molecule has 1 aliphatic rings. The number of halogens is 3. The molecule has 2 nitrogen and oxygen atoms in total. The number of hydrogen-bond donors (Lipinski definition) is 0. The van der Waals surface area contributed by atoms with E-state index in [0.29, 0.717) is 11.8 Å². The second-order valence-electron chi connectivity index (χ2n) is 2.52. The molecule has 1 atom stereocenters. The van der Waals surface area contributed by atoms with Crippen LogP contribution in [0.1, 0.15) is 6.92 Å². The summed E-state index contributed by atoms with van der Waals surface area (Å²) in [4.78, 5) is 1.42. The van der Waals surface area contributed by atoms with E-state index in [2.05, 4.69) is 0 Å². The third-order valence-electron chi connectivity index (χ3n) is 1.48. The van der Waals surface area contributed by atoms with Crippen LogP contribution in [0.3, 0.4) is 0 Å². The summed E-state index contributed by atoms with van der Waals surface area (Å²) in [6.07, 6.45) is 0.544. The Morgan fingerprint density at radius 1 is 1.36 bits per heavy atom. The van der Waals surface area contributed by atoms with E-state index in [-0.39, 0.29) is 0 Å². The van der Waals surface area contributed by atoms with E-state index in [1.807, 2.05) is 0 Å². The quantitative estimate of drug-likeness (QED) is 0.545. The van der Waals surface area contributed by atoms with Crippen LogP contribution in [0, 0.1) is 0 Å². The first-order chi connectivity index (χ1) is 4.93. The first-order valence-electron chi connectivity index (χ1n) is 3.13. The highest BCUT2D eigenvalue weighted by atomic mass is 19.3. The third-order valence-corrected chi connectivity index (χ3v) is 1.48. The van der Waals surface area contributed by atoms with Crippen LogP contribution in [0.15, 0.2) is 12.4 Å². The predicted octanol–water partition coefficient (Wildman–Crippen LogP) is 1.57. The summed E-state index contributed by atoms with van der Waals surface area (Å²) in [5, 5.41) is 0. The highest BCUT2D eigenvalue weighted by molar-refractivity contribution is 4.93. The van der Waals surface area contributed by atoms with E-state index < -0.39 is 12.5 Å². The monoisotopic (exact) mass is 166 g/mol. The van der Waals surface area contributed by atoms with Crippen molar-refractivity contribution in [2.24, 2.45) is 0 Å². The Balaban J connectivity index is 2.70. The molecule has 0 N–H and O–H groups in total. The zero-order chi connectivity index (χ0) is 8.65. The van der Waals surface area contributed by atoms with Crippen LogP contribution in [0.4, 0.5) is 13.2 Å². The zero-order valence-electron chi connectivity index (χ0n) is 6.26. The van der Waals surface area contributed by atoms with Crippen LogP contribution in [-0.2, 0) is 0 Å². The zero-order valence-corrected chi connectivity index (χ0v) is 6.26. The molecule has 0 saturated carbocycles. The minimum atomic E-state index is -3.14. The topological polar surface area (TPSA) is 6.48 Å². The van der Waals surface area contributed by atoms with Crippen LogP contribution in [0.5, 0.6) is 0 Å². The fourth-order valence-electron chi connectivity index (χ4n) is 0.833. The van der Waals surface area contributed by atoms with Gasteiger partial charge in [-0.15, -0.1) is 0 Å². The van der Waals surface area contributed by atoms with Crippen LogP contribution < -0.4 is 0 Å². The summed E-state index contributed by atoms with van der Waals surface area (Å²) < 4.78 is 37.7. The van der Waals surface area contributed by atoms with Crippen LogP contribution in [0.2, 0.25) is 0 Å². The van der Waals surface area contributed by atoms with Gasteiger partial charge in [-0.2, -0.15) is 13.2 Å². The fraction of sp³-hybridized carbons (Fsp3) is 0.667. The minimum Gasteiger partial charge on any atom is -0.333 e. The second kappa shape index (κ2) is 2.32. The van der Waals surface area contributed by atoms with E-state index in [4.69, 9.17) is 0 Å². The van der Waals surface area contributed by atoms with E-state index in [1.165, 1.54) is 13.2 Å². The first-order valence-corrected chi connectivity index (χ1v) is 3.13. The number of alkyl halides is 3. The Morgan fingerprint density at radius 3 is 2.09 bits per heavy atom. The summed E-state index contributed by atoms with van der Waals surface area (Å²) in [6.45, 7) is 0.656. The summed E-state index contributed by atoms with van der Waals surface area (Å²) in [7, 11) is 1.40. The summed E-state index contributed by atoms with van der Waals surface area (Å²) >= 11 is 0.